The monoisotopic (exact) mass is 389 g/mol. The van der Waals surface area contributed by atoms with Crippen LogP contribution in [-0.4, -0.2) is 40.6 Å². The Hall–Kier alpha value is -3.08. The van der Waals surface area contributed by atoms with Crippen LogP contribution in [0.25, 0.3) is 11.4 Å². The Morgan fingerprint density at radius 3 is 2.62 bits per heavy atom. The molecule has 1 saturated heterocycles. The van der Waals surface area contributed by atoms with E-state index in [4.69, 9.17) is 4.74 Å². The summed E-state index contributed by atoms with van der Waals surface area (Å²) in [6.07, 6.45) is 4.18. The van der Waals surface area contributed by atoms with Crippen LogP contribution in [0.15, 0.2) is 60.8 Å². The second kappa shape index (κ2) is 8.52. The first-order valence-corrected chi connectivity index (χ1v) is 10.2. The molecule has 1 aliphatic rings. The van der Waals surface area contributed by atoms with Crippen LogP contribution in [0.5, 0.6) is 5.75 Å². The molecule has 0 radical (unpaired) electrons. The SMILES string of the molecule is COc1ccc(CCC(=O)N2CCC(n3c(C)cnc3-c3ccccc3)C2)cc1. The molecule has 5 heteroatoms. The fourth-order valence-corrected chi connectivity index (χ4v) is 4.09. The summed E-state index contributed by atoms with van der Waals surface area (Å²) >= 11 is 0. The van der Waals surface area contributed by atoms with Crippen molar-refractivity contribution in [1.29, 1.82) is 0 Å². The van der Waals surface area contributed by atoms with Gasteiger partial charge in [0.05, 0.1) is 13.2 Å². The van der Waals surface area contributed by atoms with Gasteiger partial charge in [-0.25, -0.2) is 4.98 Å². The highest BCUT2D eigenvalue weighted by molar-refractivity contribution is 5.76. The molecular weight excluding hydrogens is 362 g/mol. The fraction of sp³-hybridized carbons (Fsp3) is 0.333. The van der Waals surface area contributed by atoms with Gasteiger partial charge in [-0.2, -0.15) is 0 Å². The molecule has 0 bridgehead atoms. The zero-order valence-electron chi connectivity index (χ0n) is 17.0. The maximum absolute atomic E-state index is 12.8. The molecule has 150 valence electrons. The van der Waals surface area contributed by atoms with E-state index in [1.54, 1.807) is 7.11 Å². The van der Waals surface area contributed by atoms with Crippen molar-refractivity contribution in [3.8, 4) is 17.1 Å². The first-order chi connectivity index (χ1) is 14.2. The van der Waals surface area contributed by atoms with Crippen LogP contribution in [0.2, 0.25) is 0 Å². The normalized spacial score (nSPS) is 16.2. The summed E-state index contributed by atoms with van der Waals surface area (Å²) in [6, 6.07) is 18.5. The van der Waals surface area contributed by atoms with E-state index in [0.717, 1.165) is 54.3 Å². The molecule has 1 aliphatic heterocycles. The number of aromatic nitrogens is 2. The average molecular weight is 389 g/mol. The Morgan fingerprint density at radius 1 is 1.14 bits per heavy atom. The fourth-order valence-electron chi connectivity index (χ4n) is 4.09. The molecule has 0 N–H and O–H groups in total. The zero-order valence-corrected chi connectivity index (χ0v) is 17.0. The van der Waals surface area contributed by atoms with Gasteiger partial charge in [-0.05, 0) is 37.5 Å². The summed E-state index contributed by atoms with van der Waals surface area (Å²) in [6.45, 7) is 3.64. The van der Waals surface area contributed by atoms with Gasteiger partial charge in [-0.15, -0.1) is 0 Å². The van der Waals surface area contributed by atoms with Gasteiger partial charge in [-0.3, -0.25) is 4.79 Å². The van der Waals surface area contributed by atoms with Crippen molar-refractivity contribution in [1.82, 2.24) is 14.5 Å². The molecule has 1 amide bonds. The van der Waals surface area contributed by atoms with Crippen molar-refractivity contribution in [2.45, 2.75) is 32.2 Å². The van der Waals surface area contributed by atoms with Gasteiger partial charge >= 0.3 is 0 Å². The Morgan fingerprint density at radius 2 is 1.90 bits per heavy atom. The van der Waals surface area contributed by atoms with Crippen LogP contribution >= 0.6 is 0 Å². The van der Waals surface area contributed by atoms with Crippen molar-refractivity contribution in [3.05, 3.63) is 72.1 Å². The predicted molar refractivity (Wildman–Crippen MR) is 114 cm³/mol. The minimum absolute atomic E-state index is 0.224. The van der Waals surface area contributed by atoms with Crippen molar-refractivity contribution in [3.63, 3.8) is 0 Å². The number of rotatable bonds is 6. The van der Waals surface area contributed by atoms with E-state index >= 15 is 0 Å². The van der Waals surface area contributed by atoms with Crippen molar-refractivity contribution in [2.75, 3.05) is 20.2 Å². The maximum Gasteiger partial charge on any atom is 0.222 e. The number of aryl methyl sites for hydroxylation is 2. The van der Waals surface area contributed by atoms with Crippen LogP contribution < -0.4 is 4.74 Å². The van der Waals surface area contributed by atoms with E-state index in [-0.39, 0.29) is 11.9 Å². The number of likely N-dealkylation sites (tertiary alicyclic amines) is 1. The topological polar surface area (TPSA) is 47.4 Å². The second-order valence-corrected chi connectivity index (χ2v) is 7.59. The molecule has 0 spiro atoms. The van der Waals surface area contributed by atoms with Crippen LogP contribution in [0, 0.1) is 6.92 Å². The first kappa shape index (κ1) is 19.2. The standard InChI is InChI=1S/C24H27N3O2/c1-18-16-25-24(20-6-4-3-5-7-20)27(18)21-14-15-26(17-21)23(28)13-10-19-8-11-22(29-2)12-9-19/h3-9,11-12,16,21H,10,13-15,17H2,1-2H3. The predicted octanol–water partition coefficient (Wildman–Crippen LogP) is 4.27. The van der Waals surface area contributed by atoms with Gasteiger partial charge in [0.1, 0.15) is 11.6 Å². The molecule has 1 aromatic heterocycles. The lowest BCUT2D eigenvalue weighted by Crippen LogP contribution is -2.29. The molecule has 5 nitrogen and oxygen atoms in total. The summed E-state index contributed by atoms with van der Waals surface area (Å²) in [5.41, 5.74) is 3.41. The molecule has 3 aromatic rings. The molecule has 1 atom stereocenters. The quantitative estimate of drug-likeness (QED) is 0.632. The molecule has 2 aromatic carbocycles. The molecule has 1 fully saturated rings. The highest BCUT2D eigenvalue weighted by atomic mass is 16.5. The van der Waals surface area contributed by atoms with Crippen LogP contribution in [0.4, 0.5) is 0 Å². The van der Waals surface area contributed by atoms with E-state index < -0.39 is 0 Å². The van der Waals surface area contributed by atoms with E-state index in [9.17, 15) is 4.79 Å². The number of hydrogen-bond acceptors (Lipinski definition) is 3. The third kappa shape index (κ3) is 4.19. The smallest absolute Gasteiger partial charge is 0.222 e. The van der Waals surface area contributed by atoms with Crippen LogP contribution in [0.3, 0.4) is 0 Å². The summed E-state index contributed by atoms with van der Waals surface area (Å²) < 4.78 is 7.49. The lowest BCUT2D eigenvalue weighted by Gasteiger charge is -2.20. The molecule has 0 aliphatic carbocycles. The number of methoxy groups -OCH3 is 1. The highest BCUT2D eigenvalue weighted by Gasteiger charge is 2.29. The second-order valence-electron chi connectivity index (χ2n) is 7.59. The van der Waals surface area contributed by atoms with Crippen molar-refractivity contribution < 1.29 is 9.53 Å². The van der Waals surface area contributed by atoms with Gasteiger partial charge in [0.2, 0.25) is 5.91 Å². The molecular formula is C24H27N3O2. The third-order valence-electron chi connectivity index (χ3n) is 5.68. The molecule has 1 unspecified atom stereocenters. The number of benzene rings is 2. The minimum atomic E-state index is 0.224. The molecule has 2 heterocycles. The Balaban J connectivity index is 1.40. The lowest BCUT2D eigenvalue weighted by atomic mass is 10.1. The Kier molecular flexibility index (Phi) is 5.65. The van der Waals surface area contributed by atoms with Crippen molar-refractivity contribution >= 4 is 5.91 Å². The number of carbonyl (C=O) groups excluding carboxylic acids is 1. The summed E-state index contributed by atoms with van der Waals surface area (Å²) in [7, 11) is 1.66. The molecule has 4 rings (SSSR count). The molecule has 0 saturated carbocycles. The zero-order chi connectivity index (χ0) is 20.2. The Bertz CT molecular complexity index is 964. The summed E-state index contributed by atoms with van der Waals surface area (Å²) in [5, 5.41) is 0. The van der Waals surface area contributed by atoms with Gasteiger partial charge in [-0.1, -0.05) is 42.5 Å². The molecule has 29 heavy (non-hydrogen) atoms. The highest BCUT2D eigenvalue weighted by Crippen LogP contribution is 2.30. The number of imidazole rings is 1. The van der Waals surface area contributed by atoms with Crippen molar-refractivity contribution in [2.24, 2.45) is 0 Å². The third-order valence-corrected chi connectivity index (χ3v) is 5.68. The lowest BCUT2D eigenvalue weighted by molar-refractivity contribution is -0.130. The van der Waals surface area contributed by atoms with E-state index in [0.29, 0.717) is 6.42 Å². The van der Waals surface area contributed by atoms with Gasteiger partial charge in [0, 0.05) is 37.0 Å². The minimum Gasteiger partial charge on any atom is -0.497 e. The number of hydrogen-bond donors (Lipinski definition) is 0. The van der Waals surface area contributed by atoms with Gasteiger partial charge in [0.15, 0.2) is 0 Å². The largest absolute Gasteiger partial charge is 0.497 e. The number of nitrogens with zero attached hydrogens (tertiary/aromatic N) is 3. The maximum atomic E-state index is 12.8. The summed E-state index contributed by atoms with van der Waals surface area (Å²) in [5.74, 6) is 2.05. The van der Waals surface area contributed by atoms with Gasteiger partial charge in [0.25, 0.3) is 0 Å². The van der Waals surface area contributed by atoms with Crippen LogP contribution in [-0.2, 0) is 11.2 Å². The van der Waals surface area contributed by atoms with Gasteiger partial charge < -0.3 is 14.2 Å². The van der Waals surface area contributed by atoms with E-state index in [1.807, 2.05) is 53.6 Å². The average Bonchev–Trinajstić information content (AvgIpc) is 3.39. The summed E-state index contributed by atoms with van der Waals surface area (Å²) in [4.78, 5) is 19.4. The van der Waals surface area contributed by atoms with E-state index in [2.05, 4.69) is 28.6 Å². The van der Waals surface area contributed by atoms with Crippen LogP contribution in [0.1, 0.15) is 30.1 Å². The first-order valence-electron chi connectivity index (χ1n) is 10.2. The van der Waals surface area contributed by atoms with E-state index in [1.165, 1.54) is 0 Å². The number of amides is 1. The Labute approximate surface area is 171 Å². The number of ether oxygens (including phenoxy) is 1. The number of carbonyl (C=O) groups is 1.